The second kappa shape index (κ2) is 11.5. The Hall–Kier alpha value is -3.40. The molecule has 0 fully saturated rings. The van der Waals surface area contributed by atoms with Crippen molar-refractivity contribution in [1.82, 2.24) is 24.2 Å². The van der Waals surface area contributed by atoms with Gasteiger partial charge in [-0.25, -0.2) is 4.98 Å². The van der Waals surface area contributed by atoms with Crippen LogP contribution in [0.2, 0.25) is 0 Å². The maximum atomic E-state index is 12.8. The number of methoxy groups -OCH3 is 2. The monoisotopic (exact) mass is 456 g/mol. The van der Waals surface area contributed by atoms with E-state index in [1.165, 1.54) is 25.1 Å². The fraction of sp³-hybridized carbons (Fsp3) is 0.478. The highest BCUT2D eigenvalue weighted by atomic mass is 16.5. The molecule has 0 saturated heterocycles. The first-order valence-corrected chi connectivity index (χ1v) is 11.1. The van der Waals surface area contributed by atoms with E-state index in [-0.39, 0.29) is 17.9 Å². The van der Waals surface area contributed by atoms with Gasteiger partial charge in [0.2, 0.25) is 5.91 Å². The molecule has 3 aromatic rings. The van der Waals surface area contributed by atoms with Crippen LogP contribution in [0.25, 0.3) is 10.9 Å². The van der Waals surface area contributed by atoms with Gasteiger partial charge >= 0.3 is 0 Å². The van der Waals surface area contributed by atoms with E-state index in [1.807, 2.05) is 10.9 Å². The number of hydrogen-bond donors (Lipinski definition) is 1. The third-order valence-corrected chi connectivity index (χ3v) is 5.59. The Bertz CT molecular complexity index is 1140. The molecular formula is C23H32N6O4. The minimum atomic E-state index is -0.184. The van der Waals surface area contributed by atoms with Gasteiger partial charge in [0.15, 0.2) is 11.5 Å². The largest absolute Gasteiger partial charge is 0.493 e. The van der Waals surface area contributed by atoms with E-state index in [9.17, 15) is 9.59 Å². The number of hydrogen-bond acceptors (Lipinski definition) is 7. The summed E-state index contributed by atoms with van der Waals surface area (Å²) in [5.74, 6) is 0.868. The SMILES string of the molecule is CCN(CC)CCn1cc(NC(=O)CCCn2cnc3cc(OC)c(OC)cc3c2=O)cn1. The second-order valence-electron chi connectivity index (χ2n) is 7.64. The number of nitrogens with one attached hydrogen (secondary N) is 1. The van der Waals surface area contributed by atoms with Crippen LogP contribution >= 0.6 is 0 Å². The van der Waals surface area contributed by atoms with Gasteiger partial charge in [0.1, 0.15) is 0 Å². The maximum Gasteiger partial charge on any atom is 0.261 e. The molecule has 10 nitrogen and oxygen atoms in total. The van der Waals surface area contributed by atoms with E-state index >= 15 is 0 Å². The molecule has 1 N–H and O–H groups in total. The number of benzene rings is 1. The Labute approximate surface area is 193 Å². The van der Waals surface area contributed by atoms with E-state index in [0.29, 0.717) is 41.1 Å². The highest BCUT2D eigenvalue weighted by molar-refractivity contribution is 5.90. The van der Waals surface area contributed by atoms with Crippen LogP contribution < -0.4 is 20.3 Å². The Morgan fingerprint density at radius 1 is 1.12 bits per heavy atom. The van der Waals surface area contributed by atoms with Crippen molar-refractivity contribution in [2.24, 2.45) is 0 Å². The van der Waals surface area contributed by atoms with Gasteiger partial charge in [-0.1, -0.05) is 13.8 Å². The molecule has 0 unspecified atom stereocenters. The van der Waals surface area contributed by atoms with Crippen LogP contribution in [-0.2, 0) is 17.9 Å². The molecule has 0 radical (unpaired) electrons. The van der Waals surface area contributed by atoms with Crippen LogP contribution in [0, 0.1) is 0 Å². The lowest BCUT2D eigenvalue weighted by Gasteiger charge is -2.17. The molecule has 0 aliphatic rings. The molecule has 2 heterocycles. The van der Waals surface area contributed by atoms with E-state index in [1.54, 1.807) is 18.3 Å². The molecule has 0 spiro atoms. The van der Waals surface area contributed by atoms with Crippen molar-refractivity contribution in [3.8, 4) is 11.5 Å². The molecule has 0 saturated carbocycles. The first-order valence-electron chi connectivity index (χ1n) is 11.1. The lowest BCUT2D eigenvalue weighted by atomic mass is 10.2. The number of likely N-dealkylation sites (N-methyl/N-ethyl adjacent to an activating group) is 1. The molecule has 0 atom stereocenters. The van der Waals surface area contributed by atoms with Gasteiger partial charge in [-0.2, -0.15) is 5.10 Å². The fourth-order valence-corrected chi connectivity index (χ4v) is 3.61. The average Bonchev–Trinajstić information content (AvgIpc) is 3.27. The third kappa shape index (κ3) is 6.10. The first-order chi connectivity index (χ1) is 16.0. The van der Waals surface area contributed by atoms with E-state index in [2.05, 4.69) is 34.1 Å². The van der Waals surface area contributed by atoms with E-state index in [4.69, 9.17) is 9.47 Å². The van der Waals surface area contributed by atoms with Crippen LogP contribution in [0.4, 0.5) is 5.69 Å². The molecule has 2 aromatic heterocycles. The lowest BCUT2D eigenvalue weighted by molar-refractivity contribution is -0.116. The molecule has 33 heavy (non-hydrogen) atoms. The normalized spacial score (nSPS) is 11.2. The summed E-state index contributed by atoms with van der Waals surface area (Å²) in [5.41, 5.74) is 1.02. The molecule has 0 aliphatic carbocycles. The van der Waals surface area contributed by atoms with Crippen molar-refractivity contribution >= 4 is 22.5 Å². The van der Waals surface area contributed by atoms with Gasteiger partial charge in [0, 0.05) is 31.8 Å². The van der Waals surface area contributed by atoms with Gasteiger partial charge in [0.05, 0.1) is 49.9 Å². The first kappa shape index (κ1) is 24.2. The zero-order valence-corrected chi connectivity index (χ0v) is 19.7. The van der Waals surface area contributed by atoms with Gasteiger partial charge in [-0.15, -0.1) is 0 Å². The fourth-order valence-electron chi connectivity index (χ4n) is 3.61. The molecule has 10 heteroatoms. The summed E-state index contributed by atoms with van der Waals surface area (Å²) in [6, 6.07) is 3.31. The van der Waals surface area contributed by atoms with Gasteiger partial charge < -0.3 is 19.7 Å². The Morgan fingerprint density at radius 3 is 2.55 bits per heavy atom. The Balaban J connectivity index is 1.54. The molecule has 1 aromatic carbocycles. The Morgan fingerprint density at radius 2 is 1.85 bits per heavy atom. The smallest absolute Gasteiger partial charge is 0.261 e. The van der Waals surface area contributed by atoms with Crippen molar-refractivity contribution in [3.63, 3.8) is 0 Å². The number of amides is 1. The number of carbonyl (C=O) groups is 1. The molecular weight excluding hydrogens is 424 g/mol. The van der Waals surface area contributed by atoms with Crippen molar-refractivity contribution < 1.29 is 14.3 Å². The van der Waals surface area contributed by atoms with Gasteiger partial charge in [-0.3, -0.25) is 18.8 Å². The van der Waals surface area contributed by atoms with Crippen molar-refractivity contribution in [2.45, 2.75) is 39.8 Å². The molecule has 3 rings (SSSR count). The number of fused-ring (bicyclic) bond motifs is 1. The average molecular weight is 457 g/mol. The summed E-state index contributed by atoms with van der Waals surface area (Å²) in [6.07, 6.45) is 5.76. The number of aromatic nitrogens is 4. The lowest BCUT2D eigenvalue weighted by Crippen LogP contribution is -2.27. The van der Waals surface area contributed by atoms with Crippen LogP contribution in [0.1, 0.15) is 26.7 Å². The highest BCUT2D eigenvalue weighted by Crippen LogP contribution is 2.29. The molecule has 0 bridgehead atoms. The number of ether oxygens (including phenoxy) is 2. The highest BCUT2D eigenvalue weighted by Gasteiger charge is 2.12. The Kier molecular flexibility index (Phi) is 8.42. The maximum absolute atomic E-state index is 12.8. The quantitative estimate of drug-likeness (QED) is 0.446. The number of nitrogens with zero attached hydrogens (tertiary/aromatic N) is 5. The summed E-state index contributed by atoms with van der Waals surface area (Å²) in [6.45, 7) is 8.33. The second-order valence-corrected chi connectivity index (χ2v) is 7.64. The van der Waals surface area contributed by atoms with Crippen LogP contribution in [0.3, 0.4) is 0 Å². The number of carbonyl (C=O) groups excluding carboxylic acids is 1. The van der Waals surface area contributed by atoms with Crippen molar-refractivity contribution in [3.05, 3.63) is 41.2 Å². The molecule has 178 valence electrons. The predicted octanol–water partition coefficient (Wildman–Crippen LogP) is 2.37. The third-order valence-electron chi connectivity index (χ3n) is 5.59. The number of rotatable bonds is 12. The zero-order valence-electron chi connectivity index (χ0n) is 19.7. The van der Waals surface area contributed by atoms with Crippen LogP contribution in [0.15, 0.2) is 35.6 Å². The summed E-state index contributed by atoms with van der Waals surface area (Å²) < 4.78 is 13.9. The van der Waals surface area contributed by atoms with Crippen molar-refractivity contribution in [2.75, 3.05) is 39.2 Å². The summed E-state index contributed by atoms with van der Waals surface area (Å²) in [5, 5.41) is 7.62. The summed E-state index contributed by atoms with van der Waals surface area (Å²) in [4.78, 5) is 31.8. The minimum absolute atomic E-state index is 0.119. The van der Waals surface area contributed by atoms with E-state index in [0.717, 1.165) is 26.2 Å². The van der Waals surface area contributed by atoms with Gasteiger partial charge in [-0.05, 0) is 25.6 Å². The topological polar surface area (TPSA) is 104 Å². The molecule has 1 amide bonds. The molecule has 0 aliphatic heterocycles. The van der Waals surface area contributed by atoms with Crippen LogP contribution in [-0.4, -0.2) is 64.0 Å². The summed E-state index contributed by atoms with van der Waals surface area (Å²) in [7, 11) is 3.05. The van der Waals surface area contributed by atoms with Crippen molar-refractivity contribution in [1.29, 1.82) is 0 Å². The van der Waals surface area contributed by atoms with E-state index < -0.39 is 0 Å². The standard InChI is InChI=1S/C23H32N6O4/c1-5-27(6-2)10-11-29-15-17(14-25-29)26-22(30)8-7-9-28-16-24-19-13-21(33-4)20(32-3)12-18(19)23(28)31/h12-16H,5-11H2,1-4H3,(H,26,30). The number of aryl methyl sites for hydroxylation is 1. The predicted molar refractivity (Wildman–Crippen MR) is 127 cm³/mol. The zero-order chi connectivity index (χ0) is 23.8. The number of anilines is 1. The summed E-state index contributed by atoms with van der Waals surface area (Å²) >= 11 is 0. The van der Waals surface area contributed by atoms with Crippen LogP contribution in [0.5, 0.6) is 11.5 Å². The minimum Gasteiger partial charge on any atom is -0.493 e. The van der Waals surface area contributed by atoms with Gasteiger partial charge in [0.25, 0.3) is 5.56 Å².